The van der Waals surface area contributed by atoms with Crippen LogP contribution in [-0.4, -0.2) is 38.3 Å². The first kappa shape index (κ1) is 15.0. The Morgan fingerprint density at radius 1 is 1.23 bits per heavy atom. The lowest BCUT2D eigenvalue weighted by Crippen LogP contribution is -2.24. The monoisotopic (exact) mass is 317 g/mol. The van der Waals surface area contributed by atoms with Gasteiger partial charge in [-0.25, -0.2) is 17.7 Å². The zero-order valence-electron chi connectivity index (χ0n) is 12.7. The summed E-state index contributed by atoms with van der Waals surface area (Å²) in [4.78, 5) is 4.40. The van der Waals surface area contributed by atoms with Crippen LogP contribution < -0.4 is 5.32 Å². The molecular weight excluding hydrogens is 298 g/mol. The summed E-state index contributed by atoms with van der Waals surface area (Å²) in [6.07, 6.45) is 2.47. The molecule has 1 heterocycles. The van der Waals surface area contributed by atoms with E-state index in [9.17, 15) is 8.42 Å². The molecular formula is C16H19N3O2S. The molecule has 1 atom stereocenters. The van der Waals surface area contributed by atoms with Crippen LogP contribution in [0.3, 0.4) is 0 Å². The van der Waals surface area contributed by atoms with Gasteiger partial charge in [-0.1, -0.05) is 24.3 Å². The molecule has 1 N–H and O–H groups in total. The average molecular weight is 317 g/mol. The Bertz CT molecular complexity index is 770. The molecule has 1 aromatic carbocycles. The van der Waals surface area contributed by atoms with Crippen molar-refractivity contribution in [2.24, 2.45) is 0 Å². The largest absolute Gasteiger partial charge is 0.369 e. The summed E-state index contributed by atoms with van der Waals surface area (Å²) in [6.45, 7) is 0.809. The Labute approximate surface area is 131 Å². The number of pyridine rings is 1. The Hall–Kier alpha value is -1.92. The summed E-state index contributed by atoms with van der Waals surface area (Å²) in [7, 11) is -0.396. The van der Waals surface area contributed by atoms with Gasteiger partial charge in [0.05, 0.1) is 0 Å². The molecule has 22 heavy (non-hydrogen) atoms. The lowest BCUT2D eigenvalue weighted by atomic mass is 9.77. The second kappa shape index (κ2) is 5.70. The number of anilines is 1. The molecule has 2 aromatic rings. The maximum absolute atomic E-state index is 12.0. The van der Waals surface area contributed by atoms with Gasteiger partial charge in [0, 0.05) is 32.8 Å². The number of benzene rings is 1. The first-order valence-electron chi connectivity index (χ1n) is 7.19. The quantitative estimate of drug-likeness (QED) is 0.917. The summed E-state index contributed by atoms with van der Waals surface area (Å²) in [5, 5.41) is 3.28. The van der Waals surface area contributed by atoms with Gasteiger partial charge >= 0.3 is 0 Å². The molecule has 0 saturated heterocycles. The minimum absolute atomic E-state index is 0.206. The molecule has 0 bridgehead atoms. The number of rotatable bonds is 5. The number of nitrogens with one attached hydrogen (secondary N) is 1. The minimum atomic E-state index is -3.42. The Morgan fingerprint density at radius 3 is 2.64 bits per heavy atom. The van der Waals surface area contributed by atoms with Crippen LogP contribution in [0, 0.1) is 0 Å². The van der Waals surface area contributed by atoms with E-state index in [1.165, 1.54) is 35.7 Å². The summed E-state index contributed by atoms with van der Waals surface area (Å²) in [5.41, 5.74) is 2.80. The van der Waals surface area contributed by atoms with Crippen LogP contribution >= 0.6 is 0 Å². The highest BCUT2D eigenvalue weighted by atomic mass is 32.2. The first-order valence-corrected chi connectivity index (χ1v) is 8.63. The predicted molar refractivity (Wildman–Crippen MR) is 86.5 cm³/mol. The van der Waals surface area contributed by atoms with E-state index in [0.717, 1.165) is 13.0 Å². The molecule has 0 aliphatic heterocycles. The van der Waals surface area contributed by atoms with Gasteiger partial charge in [0.1, 0.15) is 10.7 Å². The molecule has 116 valence electrons. The van der Waals surface area contributed by atoms with Crippen LogP contribution in [0.4, 0.5) is 5.82 Å². The number of hydrogen-bond acceptors (Lipinski definition) is 4. The highest BCUT2D eigenvalue weighted by Crippen LogP contribution is 2.34. The van der Waals surface area contributed by atoms with Crippen molar-refractivity contribution < 1.29 is 8.42 Å². The van der Waals surface area contributed by atoms with Crippen molar-refractivity contribution in [3.63, 3.8) is 0 Å². The first-order chi connectivity index (χ1) is 10.5. The summed E-state index contributed by atoms with van der Waals surface area (Å²) < 4.78 is 25.1. The van der Waals surface area contributed by atoms with E-state index in [1.54, 1.807) is 12.1 Å². The molecule has 6 heteroatoms. The second-order valence-corrected chi connectivity index (χ2v) is 7.80. The molecule has 3 rings (SSSR count). The summed E-state index contributed by atoms with van der Waals surface area (Å²) >= 11 is 0. The fourth-order valence-corrected chi connectivity index (χ4v) is 3.47. The molecule has 1 aliphatic carbocycles. The summed E-state index contributed by atoms with van der Waals surface area (Å²) in [6, 6.07) is 11.7. The molecule has 0 saturated carbocycles. The van der Waals surface area contributed by atoms with Crippen molar-refractivity contribution in [1.29, 1.82) is 0 Å². The fraction of sp³-hybridized carbons (Fsp3) is 0.312. The third-order valence-electron chi connectivity index (χ3n) is 4.01. The highest BCUT2D eigenvalue weighted by Gasteiger charge is 2.25. The van der Waals surface area contributed by atoms with E-state index >= 15 is 0 Å². The second-order valence-electron chi connectivity index (χ2n) is 5.65. The van der Waals surface area contributed by atoms with E-state index in [4.69, 9.17) is 0 Å². The maximum Gasteiger partial charge on any atom is 0.244 e. The van der Waals surface area contributed by atoms with Crippen LogP contribution in [-0.2, 0) is 16.4 Å². The van der Waals surface area contributed by atoms with Gasteiger partial charge < -0.3 is 5.32 Å². The van der Waals surface area contributed by atoms with Crippen LogP contribution in [0.5, 0.6) is 0 Å². The molecule has 5 nitrogen and oxygen atoms in total. The number of fused-ring (bicyclic) bond motifs is 1. The van der Waals surface area contributed by atoms with E-state index in [-0.39, 0.29) is 4.90 Å². The van der Waals surface area contributed by atoms with Gasteiger partial charge in [-0.15, -0.1) is 0 Å². The molecule has 0 radical (unpaired) electrons. The molecule has 1 aromatic heterocycles. The van der Waals surface area contributed by atoms with E-state index in [1.807, 2.05) is 0 Å². The smallest absolute Gasteiger partial charge is 0.244 e. The maximum atomic E-state index is 12.0. The predicted octanol–water partition coefficient (Wildman–Crippen LogP) is 2.08. The normalized spacial score (nSPS) is 17.0. The van der Waals surface area contributed by atoms with E-state index < -0.39 is 10.0 Å². The number of nitrogens with zero attached hydrogens (tertiary/aromatic N) is 2. The Balaban J connectivity index is 1.64. The van der Waals surface area contributed by atoms with Crippen LogP contribution in [0.25, 0.3) is 0 Å². The summed E-state index contributed by atoms with van der Waals surface area (Å²) in [5.74, 6) is 1.20. The van der Waals surface area contributed by atoms with Crippen molar-refractivity contribution in [2.75, 3.05) is 26.0 Å². The zero-order chi connectivity index (χ0) is 15.7. The Kier molecular flexibility index (Phi) is 3.88. The van der Waals surface area contributed by atoms with Crippen molar-refractivity contribution >= 4 is 15.8 Å². The van der Waals surface area contributed by atoms with E-state index in [2.05, 4.69) is 34.6 Å². The Morgan fingerprint density at radius 2 is 2.00 bits per heavy atom. The van der Waals surface area contributed by atoms with Gasteiger partial charge in [0.25, 0.3) is 0 Å². The van der Waals surface area contributed by atoms with E-state index in [0.29, 0.717) is 11.7 Å². The number of sulfonamides is 1. The highest BCUT2D eigenvalue weighted by molar-refractivity contribution is 7.89. The SMILES string of the molecule is CN(C)S(=O)(=O)c1ccc(NC[C@@H]2Cc3ccccc32)nc1. The number of aromatic nitrogens is 1. The zero-order valence-corrected chi connectivity index (χ0v) is 13.5. The molecule has 0 spiro atoms. The van der Waals surface area contributed by atoms with Crippen molar-refractivity contribution in [2.45, 2.75) is 17.2 Å². The van der Waals surface area contributed by atoms with Crippen molar-refractivity contribution in [3.05, 3.63) is 53.7 Å². The van der Waals surface area contributed by atoms with Gasteiger partial charge in [-0.3, -0.25) is 0 Å². The third kappa shape index (κ3) is 2.71. The lowest BCUT2D eigenvalue weighted by molar-refractivity contribution is 0.520. The minimum Gasteiger partial charge on any atom is -0.369 e. The van der Waals surface area contributed by atoms with Gasteiger partial charge in [-0.2, -0.15) is 0 Å². The fourth-order valence-electron chi connectivity index (χ4n) is 2.62. The molecule has 1 aliphatic rings. The van der Waals surface area contributed by atoms with Crippen molar-refractivity contribution in [1.82, 2.24) is 9.29 Å². The molecule has 0 fully saturated rings. The lowest BCUT2D eigenvalue weighted by Gasteiger charge is -2.30. The standard InChI is InChI=1S/C16H19N3O2S/c1-19(2)22(20,21)14-7-8-16(18-11-14)17-10-13-9-12-5-3-4-6-15(12)13/h3-8,11,13H,9-10H2,1-2H3,(H,17,18)/t13-/m0/s1. The van der Waals surface area contributed by atoms with Crippen LogP contribution in [0.2, 0.25) is 0 Å². The van der Waals surface area contributed by atoms with Gasteiger partial charge in [0.2, 0.25) is 10.0 Å². The molecule has 0 unspecified atom stereocenters. The van der Waals surface area contributed by atoms with Gasteiger partial charge in [0.15, 0.2) is 0 Å². The van der Waals surface area contributed by atoms with Gasteiger partial charge in [-0.05, 0) is 29.7 Å². The van der Waals surface area contributed by atoms with Crippen LogP contribution in [0.1, 0.15) is 17.0 Å². The van der Waals surface area contributed by atoms with Crippen molar-refractivity contribution in [3.8, 4) is 0 Å². The van der Waals surface area contributed by atoms with Crippen LogP contribution in [0.15, 0.2) is 47.5 Å². The topological polar surface area (TPSA) is 62.3 Å². The molecule has 0 amide bonds. The number of hydrogen-bond donors (Lipinski definition) is 1. The average Bonchev–Trinajstić information content (AvgIpc) is 2.48. The third-order valence-corrected chi connectivity index (χ3v) is 5.80.